The van der Waals surface area contributed by atoms with Crippen LogP contribution in [0, 0.1) is 5.92 Å². The van der Waals surface area contributed by atoms with Crippen LogP contribution in [0.1, 0.15) is 55.5 Å². The average Bonchev–Trinajstić information content (AvgIpc) is 3.08. The second kappa shape index (κ2) is 8.32. The van der Waals surface area contributed by atoms with Crippen LogP contribution in [0.25, 0.3) is 0 Å². The number of hydrogen-bond acceptors (Lipinski definition) is 4. The molecule has 0 aliphatic carbocycles. The van der Waals surface area contributed by atoms with Crippen LogP contribution in [0.2, 0.25) is 0 Å². The summed E-state index contributed by atoms with van der Waals surface area (Å²) in [4.78, 5) is 29.4. The van der Waals surface area contributed by atoms with Gasteiger partial charge in [-0.05, 0) is 61.6 Å². The van der Waals surface area contributed by atoms with E-state index in [0.29, 0.717) is 12.5 Å². The third-order valence-corrected chi connectivity index (χ3v) is 6.53. The number of thiophene rings is 1. The van der Waals surface area contributed by atoms with Crippen molar-refractivity contribution < 1.29 is 14.7 Å². The number of amides is 1. The van der Waals surface area contributed by atoms with Gasteiger partial charge in [-0.2, -0.15) is 0 Å². The fraction of sp³-hybridized carbons (Fsp3) is 0.684. The number of piperidine rings is 1. The van der Waals surface area contributed by atoms with Gasteiger partial charge in [0, 0.05) is 24.4 Å². The van der Waals surface area contributed by atoms with E-state index in [4.69, 9.17) is 5.11 Å². The highest BCUT2D eigenvalue weighted by atomic mass is 32.1. The molecule has 0 aromatic carbocycles. The monoisotopic (exact) mass is 364 g/mol. The van der Waals surface area contributed by atoms with Gasteiger partial charge in [0.1, 0.15) is 0 Å². The molecule has 2 aliphatic heterocycles. The predicted octanol–water partition coefficient (Wildman–Crippen LogP) is 3.16. The Hall–Kier alpha value is -1.40. The Morgan fingerprint density at radius 2 is 2.20 bits per heavy atom. The summed E-state index contributed by atoms with van der Waals surface area (Å²) in [6.07, 6.45) is 5.02. The molecule has 138 valence electrons. The molecular formula is C19H28N2O3S. The van der Waals surface area contributed by atoms with E-state index in [0.717, 1.165) is 51.7 Å². The SMILES string of the molecule is CCC1c2ccsc2CCN1C(=O)CN1CCCC(CCC(=O)O)C1. The van der Waals surface area contributed by atoms with Crippen molar-refractivity contribution in [3.63, 3.8) is 0 Å². The lowest BCUT2D eigenvalue weighted by atomic mass is 9.93. The van der Waals surface area contributed by atoms with Gasteiger partial charge in [-0.3, -0.25) is 14.5 Å². The molecule has 3 heterocycles. The molecule has 1 N–H and O–H groups in total. The van der Waals surface area contributed by atoms with Gasteiger partial charge in [0.05, 0.1) is 12.6 Å². The molecule has 1 aromatic heterocycles. The van der Waals surface area contributed by atoms with Crippen molar-refractivity contribution in [2.24, 2.45) is 5.92 Å². The molecule has 1 amide bonds. The van der Waals surface area contributed by atoms with Crippen molar-refractivity contribution >= 4 is 23.2 Å². The molecule has 25 heavy (non-hydrogen) atoms. The van der Waals surface area contributed by atoms with E-state index < -0.39 is 5.97 Å². The number of aliphatic carboxylic acids is 1. The van der Waals surface area contributed by atoms with Crippen LogP contribution < -0.4 is 0 Å². The highest BCUT2D eigenvalue weighted by Gasteiger charge is 2.31. The van der Waals surface area contributed by atoms with Crippen LogP contribution in [0.3, 0.4) is 0 Å². The van der Waals surface area contributed by atoms with Crippen LogP contribution >= 0.6 is 11.3 Å². The molecule has 0 spiro atoms. The van der Waals surface area contributed by atoms with Crippen molar-refractivity contribution in [1.82, 2.24) is 9.80 Å². The number of rotatable bonds is 6. The van der Waals surface area contributed by atoms with Crippen LogP contribution in [0.4, 0.5) is 0 Å². The summed E-state index contributed by atoms with van der Waals surface area (Å²) >= 11 is 1.81. The van der Waals surface area contributed by atoms with Crippen molar-refractivity contribution in [1.29, 1.82) is 0 Å². The van der Waals surface area contributed by atoms with E-state index in [-0.39, 0.29) is 18.4 Å². The first-order valence-corrected chi connectivity index (χ1v) is 10.3. The van der Waals surface area contributed by atoms with Crippen LogP contribution in [0.15, 0.2) is 11.4 Å². The zero-order valence-electron chi connectivity index (χ0n) is 14.9. The molecule has 5 nitrogen and oxygen atoms in total. The Morgan fingerprint density at radius 3 is 2.96 bits per heavy atom. The fourth-order valence-electron chi connectivity index (χ4n) is 4.28. The number of fused-ring (bicyclic) bond motifs is 1. The van der Waals surface area contributed by atoms with Crippen molar-refractivity contribution in [2.75, 3.05) is 26.2 Å². The second-order valence-electron chi connectivity index (χ2n) is 7.24. The third kappa shape index (κ3) is 4.42. The first-order chi connectivity index (χ1) is 12.1. The molecule has 1 saturated heterocycles. The summed E-state index contributed by atoms with van der Waals surface area (Å²) in [6, 6.07) is 2.39. The summed E-state index contributed by atoms with van der Waals surface area (Å²) in [5.41, 5.74) is 1.34. The summed E-state index contributed by atoms with van der Waals surface area (Å²) < 4.78 is 0. The normalized spacial score (nSPS) is 24.1. The van der Waals surface area contributed by atoms with Gasteiger partial charge >= 0.3 is 5.97 Å². The van der Waals surface area contributed by atoms with Gasteiger partial charge in [0.25, 0.3) is 0 Å². The number of carboxylic acid groups (broad SMARTS) is 1. The molecular weight excluding hydrogens is 336 g/mol. The van der Waals surface area contributed by atoms with E-state index in [1.807, 2.05) is 0 Å². The van der Waals surface area contributed by atoms with Crippen LogP contribution in [0.5, 0.6) is 0 Å². The lowest BCUT2D eigenvalue weighted by Gasteiger charge is -2.38. The quantitative estimate of drug-likeness (QED) is 0.842. The number of hydrogen-bond donors (Lipinski definition) is 1. The molecule has 1 fully saturated rings. The minimum absolute atomic E-state index is 0.218. The Morgan fingerprint density at radius 1 is 1.36 bits per heavy atom. The van der Waals surface area contributed by atoms with Gasteiger partial charge < -0.3 is 10.0 Å². The molecule has 0 saturated carbocycles. The summed E-state index contributed by atoms with van der Waals surface area (Å²) in [6.45, 7) is 5.25. The second-order valence-corrected chi connectivity index (χ2v) is 8.24. The summed E-state index contributed by atoms with van der Waals surface area (Å²) in [7, 11) is 0. The molecule has 0 radical (unpaired) electrons. The van der Waals surface area contributed by atoms with Gasteiger partial charge in [0.15, 0.2) is 0 Å². The number of carboxylic acids is 1. The van der Waals surface area contributed by atoms with E-state index in [2.05, 4.69) is 28.2 Å². The molecule has 2 atom stereocenters. The minimum Gasteiger partial charge on any atom is -0.481 e. The third-order valence-electron chi connectivity index (χ3n) is 5.53. The molecule has 0 bridgehead atoms. The summed E-state index contributed by atoms with van der Waals surface area (Å²) in [5, 5.41) is 11.0. The maximum absolute atomic E-state index is 12.9. The zero-order chi connectivity index (χ0) is 17.8. The topological polar surface area (TPSA) is 60.9 Å². The molecule has 6 heteroatoms. The molecule has 1 aromatic rings. The smallest absolute Gasteiger partial charge is 0.303 e. The lowest BCUT2D eigenvalue weighted by Crippen LogP contribution is -2.47. The van der Waals surface area contributed by atoms with E-state index in [1.165, 1.54) is 10.4 Å². The fourth-order valence-corrected chi connectivity index (χ4v) is 5.20. The largest absolute Gasteiger partial charge is 0.481 e. The van der Waals surface area contributed by atoms with Gasteiger partial charge in [-0.15, -0.1) is 11.3 Å². The number of carbonyl (C=O) groups excluding carboxylic acids is 1. The van der Waals surface area contributed by atoms with Crippen molar-refractivity contribution in [3.05, 3.63) is 21.9 Å². The van der Waals surface area contributed by atoms with E-state index in [9.17, 15) is 9.59 Å². The Kier molecular flexibility index (Phi) is 6.12. The standard InChI is InChI=1S/C19H28N2O3S/c1-2-16-15-8-11-25-17(15)7-10-21(16)18(22)13-20-9-3-4-14(12-20)5-6-19(23)24/h8,11,14,16H,2-7,9-10,12-13H2,1H3,(H,23,24). The average molecular weight is 365 g/mol. The predicted molar refractivity (Wildman–Crippen MR) is 98.8 cm³/mol. The molecule has 2 unspecified atom stereocenters. The summed E-state index contributed by atoms with van der Waals surface area (Å²) in [5.74, 6) is -0.0917. The zero-order valence-corrected chi connectivity index (χ0v) is 15.8. The van der Waals surface area contributed by atoms with E-state index in [1.54, 1.807) is 11.3 Å². The highest BCUT2D eigenvalue weighted by Crippen LogP contribution is 2.35. The Bertz CT molecular complexity index is 616. The number of likely N-dealkylation sites (tertiary alicyclic amines) is 1. The molecule has 3 rings (SSSR count). The highest BCUT2D eigenvalue weighted by molar-refractivity contribution is 7.10. The first-order valence-electron chi connectivity index (χ1n) is 9.38. The Balaban J connectivity index is 1.57. The lowest BCUT2D eigenvalue weighted by molar-refractivity contribution is -0.138. The van der Waals surface area contributed by atoms with E-state index >= 15 is 0 Å². The van der Waals surface area contributed by atoms with Gasteiger partial charge in [-0.25, -0.2) is 0 Å². The molecule has 2 aliphatic rings. The van der Waals surface area contributed by atoms with Crippen LogP contribution in [-0.2, 0) is 16.0 Å². The van der Waals surface area contributed by atoms with Crippen molar-refractivity contribution in [3.8, 4) is 0 Å². The van der Waals surface area contributed by atoms with Crippen LogP contribution in [-0.4, -0.2) is 53.0 Å². The number of nitrogens with zero attached hydrogens (tertiary/aromatic N) is 2. The maximum atomic E-state index is 12.9. The maximum Gasteiger partial charge on any atom is 0.303 e. The van der Waals surface area contributed by atoms with Gasteiger partial charge in [-0.1, -0.05) is 6.92 Å². The Labute approximate surface area is 153 Å². The minimum atomic E-state index is -0.723. The number of carbonyl (C=O) groups is 2. The van der Waals surface area contributed by atoms with Crippen molar-refractivity contribution in [2.45, 2.75) is 51.5 Å². The first kappa shape index (κ1) is 18.4. The van der Waals surface area contributed by atoms with Gasteiger partial charge in [0.2, 0.25) is 5.91 Å².